The Hall–Kier alpha value is -1.84. The molecule has 0 aromatic heterocycles. The first-order chi connectivity index (χ1) is 7.75. The maximum atomic E-state index is 11.1. The number of esters is 1. The van der Waals surface area contributed by atoms with Gasteiger partial charge in [0.25, 0.3) is 0 Å². The molecule has 1 unspecified atom stereocenters. The van der Waals surface area contributed by atoms with Crippen molar-refractivity contribution in [3.63, 3.8) is 0 Å². The standard InChI is InChI=1S/C12H13NO3/c14-11-10(13-12(15)16-11)8-4-7-9-5-2-1-3-6-9/h1-3,5-6,10H,4,7-8H2,(H,13,15). The van der Waals surface area contributed by atoms with Crippen LogP contribution in [0.1, 0.15) is 18.4 Å². The van der Waals surface area contributed by atoms with Gasteiger partial charge in [-0.2, -0.15) is 0 Å². The van der Waals surface area contributed by atoms with Gasteiger partial charge in [-0.1, -0.05) is 30.3 Å². The predicted molar refractivity (Wildman–Crippen MR) is 57.8 cm³/mol. The van der Waals surface area contributed by atoms with Crippen LogP contribution in [0.25, 0.3) is 0 Å². The van der Waals surface area contributed by atoms with Crippen molar-refractivity contribution in [1.29, 1.82) is 0 Å². The number of ether oxygens (including phenoxy) is 1. The molecule has 1 amide bonds. The Morgan fingerprint density at radius 2 is 1.94 bits per heavy atom. The Morgan fingerprint density at radius 3 is 2.56 bits per heavy atom. The molecule has 1 saturated heterocycles. The van der Waals surface area contributed by atoms with Crippen LogP contribution in [-0.2, 0) is 16.0 Å². The van der Waals surface area contributed by atoms with E-state index in [4.69, 9.17) is 0 Å². The topological polar surface area (TPSA) is 55.4 Å². The fraction of sp³-hybridized carbons (Fsp3) is 0.333. The summed E-state index contributed by atoms with van der Waals surface area (Å²) in [4.78, 5) is 21.9. The zero-order valence-corrected chi connectivity index (χ0v) is 8.81. The number of nitrogens with one attached hydrogen (secondary N) is 1. The van der Waals surface area contributed by atoms with Gasteiger partial charge < -0.3 is 10.1 Å². The number of hydrogen-bond donors (Lipinski definition) is 1. The van der Waals surface area contributed by atoms with Crippen molar-refractivity contribution in [2.24, 2.45) is 0 Å². The molecule has 2 rings (SSSR count). The van der Waals surface area contributed by atoms with Crippen LogP contribution in [0, 0.1) is 0 Å². The molecule has 4 heteroatoms. The van der Waals surface area contributed by atoms with Crippen LogP contribution in [0.3, 0.4) is 0 Å². The number of amides is 1. The van der Waals surface area contributed by atoms with Gasteiger partial charge >= 0.3 is 12.1 Å². The average Bonchev–Trinajstić information content (AvgIpc) is 2.59. The second kappa shape index (κ2) is 4.79. The zero-order chi connectivity index (χ0) is 11.4. The normalized spacial score (nSPS) is 19.4. The number of carbonyl (C=O) groups excluding carboxylic acids is 2. The van der Waals surface area contributed by atoms with E-state index >= 15 is 0 Å². The SMILES string of the molecule is O=C1NC(CCCc2ccccc2)C(=O)O1. The predicted octanol–water partition coefficient (Wildman–Crippen LogP) is 1.64. The Morgan fingerprint density at radius 1 is 1.19 bits per heavy atom. The number of hydrogen-bond acceptors (Lipinski definition) is 3. The summed E-state index contributed by atoms with van der Waals surface area (Å²) in [6, 6.07) is 9.58. The van der Waals surface area contributed by atoms with E-state index in [0.717, 1.165) is 12.8 Å². The van der Waals surface area contributed by atoms with E-state index in [2.05, 4.69) is 10.1 Å². The molecule has 4 nitrogen and oxygen atoms in total. The molecule has 0 radical (unpaired) electrons. The molecular formula is C12H13NO3. The Kier molecular flexibility index (Phi) is 3.19. The second-order valence-electron chi connectivity index (χ2n) is 3.78. The summed E-state index contributed by atoms with van der Waals surface area (Å²) in [6.45, 7) is 0. The lowest BCUT2D eigenvalue weighted by atomic mass is 10.1. The highest BCUT2D eigenvalue weighted by Crippen LogP contribution is 2.10. The van der Waals surface area contributed by atoms with E-state index in [9.17, 15) is 9.59 Å². The van der Waals surface area contributed by atoms with Crippen molar-refractivity contribution >= 4 is 12.1 Å². The highest BCUT2D eigenvalue weighted by Gasteiger charge is 2.31. The van der Waals surface area contributed by atoms with Gasteiger partial charge in [0.1, 0.15) is 6.04 Å². The highest BCUT2D eigenvalue weighted by atomic mass is 16.6. The smallest absolute Gasteiger partial charge is 0.375 e. The van der Waals surface area contributed by atoms with E-state index < -0.39 is 18.1 Å². The summed E-state index contributed by atoms with van der Waals surface area (Å²) in [5, 5.41) is 2.48. The Bertz CT molecular complexity index is 389. The first-order valence-electron chi connectivity index (χ1n) is 5.32. The molecule has 1 aliphatic heterocycles. The maximum Gasteiger partial charge on any atom is 0.415 e. The number of cyclic esters (lactones) is 2. The Labute approximate surface area is 93.6 Å². The van der Waals surface area contributed by atoms with E-state index in [-0.39, 0.29) is 0 Å². The lowest BCUT2D eigenvalue weighted by Gasteiger charge is -2.05. The van der Waals surface area contributed by atoms with Crippen molar-refractivity contribution in [2.75, 3.05) is 0 Å². The van der Waals surface area contributed by atoms with Crippen LogP contribution in [0.5, 0.6) is 0 Å². The fourth-order valence-electron chi connectivity index (χ4n) is 1.74. The van der Waals surface area contributed by atoms with Crippen LogP contribution in [0.15, 0.2) is 30.3 Å². The minimum atomic E-state index is -0.630. The van der Waals surface area contributed by atoms with Gasteiger partial charge in [0.2, 0.25) is 0 Å². The van der Waals surface area contributed by atoms with Crippen LogP contribution in [0.4, 0.5) is 4.79 Å². The summed E-state index contributed by atoms with van der Waals surface area (Å²) in [5.41, 5.74) is 1.24. The monoisotopic (exact) mass is 219 g/mol. The molecule has 0 aliphatic carbocycles. The van der Waals surface area contributed by atoms with Crippen molar-refractivity contribution in [3.8, 4) is 0 Å². The van der Waals surface area contributed by atoms with Gasteiger partial charge in [-0.05, 0) is 24.8 Å². The van der Waals surface area contributed by atoms with Gasteiger partial charge in [0, 0.05) is 0 Å². The van der Waals surface area contributed by atoms with Gasteiger partial charge in [-0.15, -0.1) is 0 Å². The van der Waals surface area contributed by atoms with Crippen molar-refractivity contribution in [2.45, 2.75) is 25.3 Å². The van der Waals surface area contributed by atoms with Crippen LogP contribution in [0.2, 0.25) is 0 Å². The number of rotatable bonds is 4. The third-order valence-corrected chi connectivity index (χ3v) is 2.57. The largest absolute Gasteiger partial charge is 0.415 e. The molecule has 0 saturated carbocycles. The summed E-state index contributed by atoms with van der Waals surface area (Å²) < 4.78 is 4.39. The molecule has 1 aromatic rings. The quantitative estimate of drug-likeness (QED) is 0.618. The molecule has 1 aromatic carbocycles. The van der Waals surface area contributed by atoms with E-state index in [1.54, 1.807) is 0 Å². The molecule has 1 fully saturated rings. The first kappa shape index (κ1) is 10.7. The van der Waals surface area contributed by atoms with E-state index in [0.29, 0.717) is 6.42 Å². The number of aryl methyl sites for hydroxylation is 1. The minimum Gasteiger partial charge on any atom is -0.375 e. The third kappa shape index (κ3) is 2.59. The molecule has 16 heavy (non-hydrogen) atoms. The lowest BCUT2D eigenvalue weighted by molar-refractivity contribution is -0.135. The second-order valence-corrected chi connectivity index (χ2v) is 3.78. The first-order valence-corrected chi connectivity index (χ1v) is 5.32. The third-order valence-electron chi connectivity index (χ3n) is 2.57. The fourth-order valence-corrected chi connectivity index (χ4v) is 1.74. The summed E-state index contributed by atoms with van der Waals surface area (Å²) in [7, 11) is 0. The molecule has 84 valence electrons. The van der Waals surface area contributed by atoms with Crippen LogP contribution < -0.4 is 5.32 Å². The lowest BCUT2D eigenvalue weighted by Crippen LogP contribution is -2.28. The molecule has 1 heterocycles. The number of benzene rings is 1. The minimum absolute atomic E-state index is 0.460. The maximum absolute atomic E-state index is 11.1. The van der Waals surface area contributed by atoms with Crippen molar-refractivity contribution in [1.82, 2.24) is 5.32 Å². The van der Waals surface area contributed by atoms with Crippen LogP contribution in [-0.4, -0.2) is 18.1 Å². The van der Waals surface area contributed by atoms with Gasteiger partial charge in [0.05, 0.1) is 0 Å². The summed E-state index contributed by atoms with van der Waals surface area (Å²) >= 11 is 0. The van der Waals surface area contributed by atoms with Gasteiger partial charge in [-0.3, -0.25) is 0 Å². The molecular weight excluding hydrogens is 206 g/mol. The number of carbonyl (C=O) groups is 2. The highest BCUT2D eigenvalue weighted by molar-refractivity contribution is 5.95. The van der Waals surface area contributed by atoms with Crippen LogP contribution >= 0.6 is 0 Å². The zero-order valence-electron chi connectivity index (χ0n) is 8.81. The molecule has 1 N–H and O–H groups in total. The van der Waals surface area contributed by atoms with E-state index in [1.807, 2.05) is 30.3 Å². The van der Waals surface area contributed by atoms with Crippen molar-refractivity contribution in [3.05, 3.63) is 35.9 Å². The molecule has 0 bridgehead atoms. The Balaban J connectivity index is 1.76. The van der Waals surface area contributed by atoms with Gasteiger partial charge in [0.15, 0.2) is 0 Å². The van der Waals surface area contributed by atoms with Gasteiger partial charge in [-0.25, -0.2) is 9.59 Å². The summed E-state index contributed by atoms with van der Waals surface area (Å²) in [6.07, 6.45) is 1.75. The molecule has 1 aliphatic rings. The van der Waals surface area contributed by atoms with E-state index in [1.165, 1.54) is 5.56 Å². The summed E-state index contributed by atoms with van der Waals surface area (Å²) in [5.74, 6) is -0.460. The number of alkyl carbamates (subject to hydrolysis) is 1. The molecule has 0 spiro atoms. The molecule has 1 atom stereocenters. The van der Waals surface area contributed by atoms with Crippen molar-refractivity contribution < 1.29 is 14.3 Å². The average molecular weight is 219 g/mol.